The van der Waals surface area contributed by atoms with Gasteiger partial charge in [-0.2, -0.15) is 0 Å². The molecule has 0 fully saturated rings. The summed E-state index contributed by atoms with van der Waals surface area (Å²) >= 11 is 1.77. The second-order valence-electron chi connectivity index (χ2n) is 5.91. The van der Waals surface area contributed by atoms with Gasteiger partial charge in [0.15, 0.2) is 5.96 Å². The zero-order valence-electron chi connectivity index (χ0n) is 15.8. The Morgan fingerprint density at radius 1 is 1.04 bits per heavy atom. The summed E-state index contributed by atoms with van der Waals surface area (Å²) < 4.78 is 26.1. The molecule has 0 aromatic heterocycles. The van der Waals surface area contributed by atoms with Crippen molar-refractivity contribution in [2.75, 3.05) is 33.4 Å². The Labute approximate surface area is 166 Å². The van der Waals surface area contributed by atoms with Crippen LogP contribution in [0.2, 0.25) is 0 Å². The highest BCUT2D eigenvalue weighted by Gasteiger charge is 2.20. The van der Waals surface area contributed by atoms with E-state index in [0.717, 1.165) is 12.3 Å². The van der Waals surface area contributed by atoms with Crippen molar-refractivity contribution in [2.24, 2.45) is 4.99 Å². The molecular formula is C19H26N4O2S2. The Balaban J connectivity index is 1.89. The van der Waals surface area contributed by atoms with Crippen LogP contribution in [0.15, 0.2) is 69.4 Å². The number of nitrogens with one attached hydrogen (secondary N) is 2. The van der Waals surface area contributed by atoms with Gasteiger partial charge in [0.05, 0.1) is 4.90 Å². The van der Waals surface area contributed by atoms with Gasteiger partial charge in [0, 0.05) is 44.9 Å². The average Bonchev–Trinajstić information content (AvgIpc) is 2.68. The number of hydrogen-bond acceptors (Lipinski definition) is 4. The smallest absolute Gasteiger partial charge is 0.242 e. The molecule has 8 heteroatoms. The van der Waals surface area contributed by atoms with Gasteiger partial charge in [-0.1, -0.05) is 36.4 Å². The van der Waals surface area contributed by atoms with E-state index < -0.39 is 10.0 Å². The molecule has 0 unspecified atom stereocenters. The van der Waals surface area contributed by atoms with Crippen LogP contribution in [0.1, 0.15) is 5.56 Å². The lowest BCUT2D eigenvalue weighted by Gasteiger charge is -2.17. The first-order valence-electron chi connectivity index (χ1n) is 8.58. The van der Waals surface area contributed by atoms with Gasteiger partial charge in [0.1, 0.15) is 0 Å². The zero-order chi connectivity index (χ0) is 19.7. The van der Waals surface area contributed by atoms with Gasteiger partial charge in [0.2, 0.25) is 10.0 Å². The van der Waals surface area contributed by atoms with Crippen molar-refractivity contribution in [3.05, 3.63) is 60.2 Å². The molecule has 6 nitrogen and oxygen atoms in total. The summed E-state index contributed by atoms with van der Waals surface area (Å²) in [4.78, 5) is 5.73. The molecule has 0 aliphatic carbocycles. The highest BCUT2D eigenvalue weighted by Crippen LogP contribution is 2.18. The summed E-state index contributed by atoms with van der Waals surface area (Å²) in [5, 5.41) is 6.43. The zero-order valence-corrected chi connectivity index (χ0v) is 17.5. The van der Waals surface area contributed by atoms with E-state index in [0.29, 0.717) is 23.0 Å². The van der Waals surface area contributed by atoms with Crippen LogP contribution in [-0.2, 0) is 16.6 Å². The number of nitrogens with zero attached hydrogens (tertiary/aromatic N) is 2. The lowest BCUT2D eigenvalue weighted by molar-refractivity contribution is 0.519. The highest BCUT2D eigenvalue weighted by molar-refractivity contribution is 7.99. The predicted molar refractivity (Wildman–Crippen MR) is 113 cm³/mol. The third-order valence-corrected chi connectivity index (χ3v) is 6.74. The Hall–Kier alpha value is -2.03. The molecule has 0 bridgehead atoms. The molecule has 0 aliphatic heterocycles. The van der Waals surface area contributed by atoms with Crippen LogP contribution in [0, 0.1) is 0 Å². The first-order valence-corrected chi connectivity index (χ1v) is 11.0. The maximum atomic E-state index is 12.5. The van der Waals surface area contributed by atoms with Gasteiger partial charge in [-0.25, -0.2) is 12.7 Å². The first kappa shape index (κ1) is 21.3. The average molecular weight is 407 g/mol. The van der Waals surface area contributed by atoms with E-state index >= 15 is 0 Å². The minimum absolute atomic E-state index is 0.303. The summed E-state index contributed by atoms with van der Waals surface area (Å²) in [7, 11) is 1.28. The Bertz CT molecular complexity index is 853. The van der Waals surface area contributed by atoms with Gasteiger partial charge in [-0.3, -0.25) is 4.99 Å². The van der Waals surface area contributed by atoms with Gasteiger partial charge < -0.3 is 10.6 Å². The number of thioether (sulfide) groups is 1. The maximum Gasteiger partial charge on any atom is 0.242 e. The molecule has 2 rings (SSSR count). The third-order valence-electron chi connectivity index (χ3n) is 3.81. The van der Waals surface area contributed by atoms with Crippen molar-refractivity contribution >= 4 is 27.7 Å². The number of hydrogen-bond donors (Lipinski definition) is 2. The van der Waals surface area contributed by atoms with Gasteiger partial charge >= 0.3 is 0 Å². The molecule has 0 aliphatic rings. The van der Waals surface area contributed by atoms with Crippen LogP contribution in [0.5, 0.6) is 0 Å². The van der Waals surface area contributed by atoms with Crippen molar-refractivity contribution in [3.8, 4) is 0 Å². The van der Waals surface area contributed by atoms with E-state index in [-0.39, 0.29) is 0 Å². The molecule has 27 heavy (non-hydrogen) atoms. The van der Waals surface area contributed by atoms with Crippen molar-refractivity contribution in [1.82, 2.24) is 14.9 Å². The Morgan fingerprint density at radius 2 is 1.70 bits per heavy atom. The molecular weight excluding hydrogens is 380 g/mol. The normalized spacial score (nSPS) is 12.2. The molecule has 2 aromatic rings. The topological polar surface area (TPSA) is 73.8 Å². The van der Waals surface area contributed by atoms with E-state index in [1.54, 1.807) is 30.9 Å². The minimum Gasteiger partial charge on any atom is -0.356 e. The molecule has 2 aromatic carbocycles. The molecule has 0 saturated heterocycles. The quantitative estimate of drug-likeness (QED) is 0.305. The molecule has 0 atom stereocenters. The fraction of sp³-hybridized carbons (Fsp3) is 0.316. The molecule has 146 valence electrons. The summed E-state index contributed by atoms with van der Waals surface area (Å²) in [6, 6.07) is 17.2. The maximum absolute atomic E-state index is 12.5. The number of guanidine groups is 1. The van der Waals surface area contributed by atoms with Crippen molar-refractivity contribution in [1.29, 1.82) is 0 Å². The predicted octanol–water partition coefficient (Wildman–Crippen LogP) is 2.39. The number of aliphatic imine (C=N–C) groups is 1. The van der Waals surface area contributed by atoms with E-state index in [1.807, 2.05) is 30.3 Å². The van der Waals surface area contributed by atoms with Gasteiger partial charge in [-0.15, -0.1) is 11.8 Å². The summed E-state index contributed by atoms with van der Waals surface area (Å²) in [5.41, 5.74) is 0.702. The summed E-state index contributed by atoms with van der Waals surface area (Å²) in [5.74, 6) is 1.54. The van der Waals surface area contributed by atoms with Crippen LogP contribution in [0.4, 0.5) is 0 Å². The van der Waals surface area contributed by atoms with E-state index in [4.69, 9.17) is 0 Å². The van der Waals surface area contributed by atoms with Gasteiger partial charge in [0.25, 0.3) is 0 Å². The monoisotopic (exact) mass is 406 g/mol. The van der Waals surface area contributed by atoms with E-state index in [9.17, 15) is 8.42 Å². The molecule has 0 heterocycles. The molecule has 0 saturated carbocycles. The van der Waals surface area contributed by atoms with Crippen LogP contribution in [0.25, 0.3) is 0 Å². The number of sulfonamides is 1. The highest BCUT2D eigenvalue weighted by atomic mass is 32.2. The lowest BCUT2D eigenvalue weighted by Crippen LogP contribution is -2.38. The standard InChI is InChI=1S/C19H26N4O2S2/c1-20-19(21-13-14-26-17-10-5-4-6-11-17)22-15-16-9-7-8-12-18(16)27(24,25)23(2)3/h4-12H,13-15H2,1-3H3,(H2,20,21,22). The Kier molecular flexibility index (Phi) is 8.15. The molecule has 0 amide bonds. The summed E-state index contributed by atoms with van der Waals surface area (Å²) in [6.07, 6.45) is 0. The fourth-order valence-corrected chi connectivity index (χ4v) is 4.26. The first-order chi connectivity index (χ1) is 12.9. The van der Waals surface area contributed by atoms with Gasteiger partial charge in [-0.05, 0) is 23.8 Å². The second kappa shape index (κ2) is 10.3. The van der Waals surface area contributed by atoms with Crippen LogP contribution in [0.3, 0.4) is 0 Å². The van der Waals surface area contributed by atoms with E-state index in [2.05, 4.69) is 27.8 Å². The SMILES string of the molecule is CN=C(NCCSc1ccccc1)NCc1ccccc1S(=O)(=O)N(C)C. The van der Waals surface area contributed by atoms with Crippen LogP contribution < -0.4 is 10.6 Å². The van der Waals surface area contributed by atoms with Crippen LogP contribution >= 0.6 is 11.8 Å². The van der Waals surface area contributed by atoms with Crippen molar-refractivity contribution < 1.29 is 8.42 Å². The minimum atomic E-state index is -3.48. The van der Waals surface area contributed by atoms with Crippen molar-refractivity contribution in [2.45, 2.75) is 16.3 Å². The molecule has 0 radical (unpaired) electrons. The second-order valence-corrected chi connectivity index (χ2v) is 9.20. The number of rotatable bonds is 8. The number of benzene rings is 2. The Morgan fingerprint density at radius 3 is 2.37 bits per heavy atom. The molecule has 0 spiro atoms. The third kappa shape index (κ3) is 6.27. The van der Waals surface area contributed by atoms with E-state index in [1.165, 1.54) is 23.3 Å². The van der Waals surface area contributed by atoms with Crippen molar-refractivity contribution in [3.63, 3.8) is 0 Å². The lowest BCUT2D eigenvalue weighted by atomic mass is 10.2. The fourth-order valence-electron chi connectivity index (χ4n) is 2.35. The largest absolute Gasteiger partial charge is 0.356 e. The van der Waals surface area contributed by atoms with Crippen LogP contribution in [-0.4, -0.2) is 52.1 Å². The summed E-state index contributed by atoms with van der Waals surface area (Å²) in [6.45, 7) is 1.12. The molecule has 2 N–H and O–H groups in total.